The van der Waals surface area contributed by atoms with Crippen molar-refractivity contribution in [2.45, 2.75) is 31.2 Å². The van der Waals surface area contributed by atoms with E-state index in [1.165, 1.54) is 12.1 Å². The number of benzene rings is 4. The van der Waals surface area contributed by atoms with E-state index in [1.54, 1.807) is 30.0 Å². The zero-order valence-corrected chi connectivity index (χ0v) is 25.5. The standard InChI is InChI=1S/C36H30ClN3O5/c1-3-45-34(41)29-20-27(23-13-16-25(17-14-23)40(43)44)32-26-11-7-8-12-30(26)38(2)33(32)36(29)28-19-24(37)15-18-31(28)39(35(36)42)21-22-9-5-4-6-10-22/h4-19,27,29H,3,20-21H2,1-2H3. The lowest BCUT2D eigenvalue weighted by Gasteiger charge is -2.43. The highest BCUT2D eigenvalue weighted by atomic mass is 35.5. The van der Waals surface area contributed by atoms with Crippen LogP contribution in [0.3, 0.4) is 0 Å². The van der Waals surface area contributed by atoms with Crippen molar-refractivity contribution in [1.29, 1.82) is 0 Å². The molecule has 1 amide bonds. The molecule has 5 aromatic rings. The number of hydrogen-bond acceptors (Lipinski definition) is 5. The predicted molar refractivity (Wildman–Crippen MR) is 172 cm³/mol. The van der Waals surface area contributed by atoms with Crippen molar-refractivity contribution in [3.63, 3.8) is 0 Å². The number of hydrogen-bond donors (Lipinski definition) is 0. The van der Waals surface area contributed by atoms with Crippen LogP contribution in [0.25, 0.3) is 10.9 Å². The van der Waals surface area contributed by atoms with Crippen LogP contribution in [0.4, 0.5) is 11.4 Å². The summed E-state index contributed by atoms with van der Waals surface area (Å²) in [4.78, 5) is 42.3. The third-order valence-electron chi connectivity index (χ3n) is 9.38. The molecular weight excluding hydrogens is 590 g/mol. The average Bonchev–Trinajstić information content (AvgIpc) is 3.47. The average molecular weight is 620 g/mol. The van der Waals surface area contributed by atoms with Crippen molar-refractivity contribution in [2.75, 3.05) is 11.5 Å². The largest absolute Gasteiger partial charge is 0.466 e. The molecule has 1 aliphatic carbocycles. The minimum atomic E-state index is -1.43. The molecule has 9 heteroatoms. The Bertz CT molecular complexity index is 1990. The summed E-state index contributed by atoms with van der Waals surface area (Å²) in [6, 6.07) is 29.6. The van der Waals surface area contributed by atoms with Crippen molar-refractivity contribution in [3.05, 3.63) is 140 Å². The first-order chi connectivity index (χ1) is 21.8. The molecule has 2 aliphatic rings. The number of nitro benzene ring substituents is 1. The zero-order valence-electron chi connectivity index (χ0n) is 24.8. The summed E-state index contributed by atoms with van der Waals surface area (Å²) in [5, 5.41) is 12.9. The van der Waals surface area contributed by atoms with E-state index < -0.39 is 22.2 Å². The highest BCUT2D eigenvalue weighted by molar-refractivity contribution is 6.31. The molecule has 3 unspecified atom stereocenters. The molecule has 1 spiro atoms. The van der Waals surface area contributed by atoms with E-state index in [2.05, 4.69) is 0 Å². The molecule has 2 heterocycles. The summed E-state index contributed by atoms with van der Waals surface area (Å²) in [7, 11) is 1.93. The summed E-state index contributed by atoms with van der Waals surface area (Å²) in [5.41, 5.74) is 4.24. The fourth-order valence-corrected chi connectivity index (χ4v) is 7.75. The molecule has 0 saturated carbocycles. The molecule has 1 aromatic heterocycles. The maximum absolute atomic E-state index is 15.3. The van der Waals surface area contributed by atoms with E-state index in [-0.39, 0.29) is 30.5 Å². The number of ether oxygens (including phenoxy) is 1. The highest BCUT2D eigenvalue weighted by Crippen LogP contribution is 2.60. The Kier molecular flexibility index (Phi) is 6.97. The molecule has 0 saturated heterocycles. The van der Waals surface area contributed by atoms with Gasteiger partial charge in [0.25, 0.3) is 5.69 Å². The molecule has 1 aliphatic heterocycles. The zero-order chi connectivity index (χ0) is 31.5. The van der Waals surface area contributed by atoms with Crippen LogP contribution in [-0.4, -0.2) is 28.0 Å². The molecule has 0 radical (unpaired) electrons. The van der Waals surface area contributed by atoms with Crippen LogP contribution in [0.2, 0.25) is 5.02 Å². The van der Waals surface area contributed by atoms with E-state index >= 15 is 4.79 Å². The van der Waals surface area contributed by atoms with Gasteiger partial charge in [0.1, 0.15) is 5.41 Å². The fourth-order valence-electron chi connectivity index (χ4n) is 7.58. The third kappa shape index (κ3) is 4.27. The summed E-state index contributed by atoms with van der Waals surface area (Å²) < 4.78 is 7.77. The van der Waals surface area contributed by atoms with Gasteiger partial charge in [0.05, 0.1) is 24.0 Å². The van der Waals surface area contributed by atoms with Crippen LogP contribution in [0.1, 0.15) is 47.2 Å². The third-order valence-corrected chi connectivity index (χ3v) is 9.61. The van der Waals surface area contributed by atoms with Crippen LogP contribution < -0.4 is 4.90 Å². The number of fused-ring (bicyclic) bond motifs is 6. The maximum Gasteiger partial charge on any atom is 0.310 e. The van der Waals surface area contributed by atoms with Gasteiger partial charge < -0.3 is 14.2 Å². The lowest BCUT2D eigenvalue weighted by atomic mass is 9.58. The van der Waals surface area contributed by atoms with Gasteiger partial charge in [0, 0.05) is 52.4 Å². The lowest BCUT2D eigenvalue weighted by molar-refractivity contribution is -0.384. The predicted octanol–water partition coefficient (Wildman–Crippen LogP) is 7.29. The smallest absolute Gasteiger partial charge is 0.310 e. The van der Waals surface area contributed by atoms with Gasteiger partial charge in [-0.25, -0.2) is 0 Å². The summed E-state index contributed by atoms with van der Waals surface area (Å²) in [6.45, 7) is 2.23. The van der Waals surface area contributed by atoms with Crippen molar-refractivity contribution < 1.29 is 19.2 Å². The van der Waals surface area contributed by atoms with E-state index in [9.17, 15) is 14.9 Å². The van der Waals surface area contributed by atoms with Gasteiger partial charge in [-0.15, -0.1) is 0 Å². The van der Waals surface area contributed by atoms with Gasteiger partial charge in [-0.2, -0.15) is 0 Å². The van der Waals surface area contributed by atoms with E-state index in [0.717, 1.165) is 27.6 Å². The molecule has 0 bridgehead atoms. The fraction of sp³-hybridized carbons (Fsp3) is 0.222. The molecule has 226 valence electrons. The van der Waals surface area contributed by atoms with Gasteiger partial charge in [-0.1, -0.05) is 72.3 Å². The molecular formula is C36H30ClN3O5. The Labute approximate surface area is 264 Å². The first kappa shape index (κ1) is 28.8. The Balaban J connectivity index is 1.55. The van der Waals surface area contributed by atoms with E-state index in [4.69, 9.17) is 16.3 Å². The summed E-state index contributed by atoms with van der Waals surface area (Å²) in [5.74, 6) is -1.93. The van der Waals surface area contributed by atoms with Crippen LogP contribution in [0.15, 0.2) is 97.1 Å². The number of amides is 1. The van der Waals surface area contributed by atoms with Crippen molar-refractivity contribution in [1.82, 2.24) is 4.57 Å². The summed E-state index contributed by atoms with van der Waals surface area (Å²) in [6.07, 6.45) is 0.258. The second-order valence-corrected chi connectivity index (χ2v) is 12.1. The van der Waals surface area contributed by atoms with Crippen LogP contribution in [-0.2, 0) is 33.3 Å². The number of aromatic nitrogens is 1. The first-order valence-electron chi connectivity index (χ1n) is 14.9. The van der Waals surface area contributed by atoms with Crippen LogP contribution in [0.5, 0.6) is 0 Å². The minimum Gasteiger partial charge on any atom is -0.466 e. The van der Waals surface area contributed by atoms with Gasteiger partial charge >= 0.3 is 5.97 Å². The molecule has 8 nitrogen and oxygen atoms in total. The Morgan fingerprint density at radius 3 is 2.44 bits per heavy atom. The lowest BCUT2D eigenvalue weighted by Crippen LogP contribution is -2.53. The number of esters is 1. The van der Waals surface area contributed by atoms with Gasteiger partial charge in [0.15, 0.2) is 0 Å². The van der Waals surface area contributed by atoms with Crippen molar-refractivity contribution in [3.8, 4) is 0 Å². The molecule has 0 fully saturated rings. The van der Waals surface area contributed by atoms with Gasteiger partial charge in [-0.05, 0) is 59.9 Å². The van der Waals surface area contributed by atoms with E-state index in [0.29, 0.717) is 28.5 Å². The monoisotopic (exact) mass is 619 g/mol. The normalized spacial score (nSPS) is 20.3. The quantitative estimate of drug-likeness (QED) is 0.113. The molecule has 7 rings (SSSR count). The first-order valence-corrected chi connectivity index (χ1v) is 15.3. The number of nitrogens with zero attached hydrogens (tertiary/aromatic N) is 3. The van der Waals surface area contributed by atoms with Gasteiger partial charge in [0.2, 0.25) is 5.91 Å². The molecule has 45 heavy (non-hydrogen) atoms. The highest BCUT2D eigenvalue weighted by Gasteiger charge is 2.64. The molecule has 4 aromatic carbocycles. The summed E-state index contributed by atoms with van der Waals surface area (Å²) >= 11 is 6.67. The number of non-ortho nitro benzene ring substituents is 1. The number of carbonyl (C=O) groups excluding carboxylic acids is 2. The number of rotatable bonds is 6. The topological polar surface area (TPSA) is 94.7 Å². The van der Waals surface area contributed by atoms with Crippen LogP contribution in [0, 0.1) is 16.0 Å². The van der Waals surface area contributed by atoms with Gasteiger partial charge in [-0.3, -0.25) is 19.7 Å². The maximum atomic E-state index is 15.3. The SMILES string of the molecule is CCOC(=O)C1CC(c2ccc([N+](=O)[O-])cc2)c2c(n(C)c3ccccc23)C12C(=O)N(Cc1ccccc1)c1ccc(Cl)cc12. The van der Waals surface area contributed by atoms with Crippen molar-refractivity contribution in [2.24, 2.45) is 13.0 Å². The number of aryl methyl sites for hydroxylation is 1. The number of halogens is 1. The second-order valence-electron chi connectivity index (χ2n) is 11.6. The number of carbonyl (C=O) groups is 2. The van der Waals surface area contributed by atoms with Crippen molar-refractivity contribution >= 4 is 45.8 Å². The second kappa shape index (κ2) is 10.9. The van der Waals surface area contributed by atoms with Crippen LogP contribution >= 0.6 is 11.6 Å². The Morgan fingerprint density at radius 1 is 1.02 bits per heavy atom. The molecule has 3 atom stereocenters. The minimum absolute atomic E-state index is 0.0165. The number of anilines is 1. The number of para-hydroxylation sites is 1. The Hall–Kier alpha value is -4.95. The van der Waals surface area contributed by atoms with E-state index in [1.807, 2.05) is 78.3 Å². The number of nitro groups is 1. The Morgan fingerprint density at radius 2 is 1.73 bits per heavy atom. The molecule has 0 N–H and O–H groups in total.